The third kappa shape index (κ3) is 4.14. The first-order valence-corrected chi connectivity index (χ1v) is 8.84. The molecule has 21 heavy (non-hydrogen) atoms. The predicted octanol–water partition coefficient (Wildman–Crippen LogP) is 1.20. The Morgan fingerprint density at radius 2 is 2.29 bits per heavy atom. The summed E-state index contributed by atoms with van der Waals surface area (Å²) in [6, 6.07) is 4.47. The Hall–Kier alpha value is -0.730. The summed E-state index contributed by atoms with van der Waals surface area (Å²) >= 11 is 10.9. The van der Waals surface area contributed by atoms with Crippen molar-refractivity contribution in [1.82, 2.24) is 9.62 Å². The maximum atomic E-state index is 12.3. The minimum absolute atomic E-state index is 0.0514. The van der Waals surface area contributed by atoms with Gasteiger partial charge in [0.15, 0.2) is 0 Å². The molecule has 116 valence electrons. The molecule has 1 aromatic rings. The van der Waals surface area contributed by atoms with E-state index >= 15 is 0 Å². The van der Waals surface area contributed by atoms with Crippen LogP contribution in [0.15, 0.2) is 23.1 Å². The Morgan fingerprint density at radius 3 is 2.81 bits per heavy atom. The van der Waals surface area contributed by atoms with Crippen LogP contribution in [0.25, 0.3) is 0 Å². The van der Waals surface area contributed by atoms with Crippen LogP contribution in [0.3, 0.4) is 0 Å². The molecule has 8 heteroatoms. The molecular formula is C13H18ClN3O2S2. The highest BCUT2D eigenvalue weighted by atomic mass is 35.5. The zero-order valence-electron chi connectivity index (χ0n) is 11.7. The van der Waals surface area contributed by atoms with Gasteiger partial charge in [0.2, 0.25) is 10.0 Å². The highest BCUT2D eigenvalue weighted by Crippen LogP contribution is 2.23. The lowest BCUT2D eigenvalue weighted by Crippen LogP contribution is -2.30. The summed E-state index contributed by atoms with van der Waals surface area (Å²) in [5.74, 6) is 0.333. The number of hydrogen-bond donors (Lipinski definition) is 2. The number of nitrogens with zero attached hydrogens (tertiary/aromatic N) is 1. The molecule has 1 aliphatic rings. The monoisotopic (exact) mass is 347 g/mol. The molecule has 0 aromatic heterocycles. The second-order valence-electron chi connectivity index (χ2n) is 5.28. The maximum absolute atomic E-state index is 12.3. The first kappa shape index (κ1) is 16.6. The van der Waals surface area contributed by atoms with E-state index < -0.39 is 10.0 Å². The van der Waals surface area contributed by atoms with Crippen molar-refractivity contribution in [2.75, 3.05) is 26.7 Å². The number of nitrogens with two attached hydrogens (primary N) is 1. The molecule has 1 saturated heterocycles. The van der Waals surface area contributed by atoms with Gasteiger partial charge in [-0.15, -0.1) is 0 Å². The van der Waals surface area contributed by atoms with E-state index in [4.69, 9.17) is 29.6 Å². The molecule has 0 amide bonds. The van der Waals surface area contributed by atoms with Gasteiger partial charge in [-0.1, -0.05) is 29.9 Å². The molecule has 0 bridgehead atoms. The lowest BCUT2D eigenvalue weighted by molar-refractivity contribution is 0.394. The number of thiocarbonyl (C=S) groups is 1. The van der Waals surface area contributed by atoms with Crippen LogP contribution in [0, 0.1) is 5.92 Å². The number of rotatable bonds is 5. The Balaban J connectivity index is 2.10. The van der Waals surface area contributed by atoms with E-state index in [0.29, 0.717) is 18.0 Å². The topological polar surface area (TPSA) is 75.4 Å². The van der Waals surface area contributed by atoms with Crippen LogP contribution < -0.4 is 10.5 Å². The summed E-state index contributed by atoms with van der Waals surface area (Å²) in [6.07, 6.45) is 0.993. The van der Waals surface area contributed by atoms with Crippen molar-refractivity contribution in [1.29, 1.82) is 0 Å². The van der Waals surface area contributed by atoms with Gasteiger partial charge in [0.1, 0.15) is 9.88 Å². The third-order valence-electron chi connectivity index (χ3n) is 3.56. The van der Waals surface area contributed by atoms with Crippen molar-refractivity contribution < 1.29 is 8.42 Å². The summed E-state index contributed by atoms with van der Waals surface area (Å²) in [6.45, 7) is 2.31. The van der Waals surface area contributed by atoms with E-state index in [1.165, 1.54) is 12.1 Å². The molecular weight excluding hydrogens is 330 g/mol. The Morgan fingerprint density at radius 1 is 1.57 bits per heavy atom. The number of halogens is 1. The van der Waals surface area contributed by atoms with E-state index in [2.05, 4.69) is 9.62 Å². The molecule has 0 radical (unpaired) electrons. The summed E-state index contributed by atoms with van der Waals surface area (Å²) in [5, 5.41) is 0.122. The summed E-state index contributed by atoms with van der Waals surface area (Å²) in [4.78, 5) is 2.42. The fourth-order valence-electron chi connectivity index (χ4n) is 2.37. The normalized spacial score (nSPS) is 19.8. The molecule has 5 nitrogen and oxygen atoms in total. The fourth-order valence-corrected chi connectivity index (χ4v) is 4.16. The predicted molar refractivity (Wildman–Crippen MR) is 88.1 cm³/mol. The minimum Gasteiger partial charge on any atom is -0.389 e. The molecule has 1 heterocycles. The Labute approximate surface area is 135 Å². The van der Waals surface area contributed by atoms with E-state index in [9.17, 15) is 8.42 Å². The van der Waals surface area contributed by atoms with Crippen molar-refractivity contribution in [2.45, 2.75) is 11.3 Å². The van der Waals surface area contributed by atoms with Crippen LogP contribution in [-0.2, 0) is 10.0 Å². The number of nitrogens with one attached hydrogen (secondary N) is 1. The van der Waals surface area contributed by atoms with Gasteiger partial charge in [0.05, 0.1) is 5.02 Å². The van der Waals surface area contributed by atoms with E-state index in [0.717, 1.165) is 19.5 Å². The SMILES string of the molecule is CN1CCC(CNS(=O)(=O)c2ccc(C(N)=S)cc2Cl)C1. The summed E-state index contributed by atoms with van der Waals surface area (Å²) in [5.41, 5.74) is 6.05. The summed E-state index contributed by atoms with van der Waals surface area (Å²) < 4.78 is 27.2. The second kappa shape index (κ2) is 6.58. The lowest BCUT2D eigenvalue weighted by atomic mass is 10.1. The third-order valence-corrected chi connectivity index (χ3v) is 5.70. The maximum Gasteiger partial charge on any atom is 0.242 e. The molecule has 1 unspecified atom stereocenters. The van der Waals surface area contributed by atoms with Gasteiger partial charge in [-0.25, -0.2) is 13.1 Å². The highest BCUT2D eigenvalue weighted by Gasteiger charge is 2.23. The van der Waals surface area contributed by atoms with Crippen LogP contribution in [-0.4, -0.2) is 45.0 Å². The van der Waals surface area contributed by atoms with Crippen LogP contribution in [0.5, 0.6) is 0 Å². The number of hydrogen-bond acceptors (Lipinski definition) is 4. The zero-order valence-corrected chi connectivity index (χ0v) is 14.1. The fraction of sp³-hybridized carbons (Fsp3) is 0.462. The van der Waals surface area contributed by atoms with Gasteiger partial charge in [0, 0.05) is 18.7 Å². The molecule has 1 aromatic carbocycles. The molecule has 0 saturated carbocycles. The van der Waals surface area contributed by atoms with Gasteiger partial charge in [-0.2, -0.15) is 0 Å². The van der Waals surface area contributed by atoms with Crippen molar-refractivity contribution in [3.05, 3.63) is 28.8 Å². The van der Waals surface area contributed by atoms with Crippen molar-refractivity contribution in [3.63, 3.8) is 0 Å². The van der Waals surface area contributed by atoms with Gasteiger partial charge in [-0.3, -0.25) is 0 Å². The van der Waals surface area contributed by atoms with Gasteiger partial charge in [-0.05, 0) is 38.1 Å². The van der Waals surface area contributed by atoms with E-state index in [1.54, 1.807) is 6.07 Å². The van der Waals surface area contributed by atoms with Crippen molar-refractivity contribution >= 4 is 38.8 Å². The molecule has 0 aliphatic carbocycles. The largest absolute Gasteiger partial charge is 0.389 e. The van der Waals surface area contributed by atoms with Gasteiger partial charge < -0.3 is 10.6 Å². The van der Waals surface area contributed by atoms with E-state index in [-0.39, 0.29) is 14.9 Å². The quantitative estimate of drug-likeness (QED) is 0.783. The average molecular weight is 348 g/mol. The molecule has 1 fully saturated rings. The van der Waals surface area contributed by atoms with Crippen LogP contribution in [0.1, 0.15) is 12.0 Å². The number of likely N-dealkylation sites (tertiary alicyclic amines) is 1. The second-order valence-corrected chi connectivity index (χ2v) is 7.86. The van der Waals surface area contributed by atoms with Crippen LogP contribution in [0.4, 0.5) is 0 Å². The lowest BCUT2D eigenvalue weighted by Gasteiger charge is -2.13. The molecule has 0 spiro atoms. The Bertz CT molecular complexity index is 649. The smallest absolute Gasteiger partial charge is 0.242 e. The van der Waals surface area contributed by atoms with Crippen molar-refractivity contribution in [3.8, 4) is 0 Å². The first-order chi connectivity index (χ1) is 9.79. The summed E-state index contributed by atoms with van der Waals surface area (Å²) in [7, 11) is -1.60. The van der Waals surface area contributed by atoms with E-state index in [1.807, 2.05) is 7.05 Å². The van der Waals surface area contributed by atoms with Crippen LogP contribution >= 0.6 is 23.8 Å². The molecule has 2 rings (SSSR count). The number of sulfonamides is 1. The molecule has 1 aliphatic heterocycles. The number of benzene rings is 1. The Kier molecular flexibility index (Phi) is 5.21. The standard InChI is InChI=1S/C13H18ClN3O2S2/c1-17-5-4-9(8-17)7-16-21(18,19)12-3-2-10(13(15)20)6-11(12)14/h2-3,6,9,16H,4-5,7-8H2,1H3,(H2,15,20). The van der Waals surface area contributed by atoms with Gasteiger partial charge >= 0.3 is 0 Å². The van der Waals surface area contributed by atoms with Crippen molar-refractivity contribution in [2.24, 2.45) is 11.7 Å². The zero-order chi connectivity index (χ0) is 15.6. The van der Waals surface area contributed by atoms with Crippen LogP contribution in [0.2, 0.25) is 5.02 Å². The highest BCUT2D eigenvalue weighted by molar-refractivity contribution is 7.89. The van der Waals surface area contributed by atoms with Gasteiger partial charge in [0.25, 0.3) is 0 Å². The minimum atomic E-state index is -3.62. The molecule has 1 atom stereocenters. The average Bonchev–Trinajstić information content (AvgIpc) is 2.82. The molecule has 3 N–H and O–H groups in total. The first-order valence-electron chi connectivity index (χ1n) is 6.57.